The molecule has 0 bridgehead atoms. The highest BCUT2D eigenvalue weighted by Crippen LogP contribution is 2.43. The van der Waals surface area contributed by atoms with Gasteiger partial charge in [-0.25, -0.2) is 0 Å². The Morgan fingerprint density at radius 1 is 0.338 bits per heavy atom. The molecule has 0 fully saturated rings. The van der Waals surface area contributed by atoms with Crippen LogP contribution in [0.15, 0.2) is 229 Å². The molecule has 0 radical (unpaired) electrons. The normalized spacial score (nSPS) is 11.7. The van der Waals surface area contributed by atoms with E-state index in [1.54, 1.807) is 0 Å². The Kier molecular flexibility index (Phi) is 8.35. The molecule has 0 saturated carbocycles. The molecule has 0 spiro atoms. The monoisotopic (exact) mass is 835 g/mol. The third kappa shape index (κ3) is 5.96. The lowest BCUT2D eigenvalue weighted by molar-refractivity contribution is 0.650. The largest absolute Gasteiger partial charge is 0.436 e. The van der Waals surface area contributed by atoms with Crippen LogP contribution in [0.3, 0.4) is 0 Å². The van der Waals surface area contributed by atoms with E-state index in [0.717, 1.165) is 72.7 Å². The molecule has 0 aliphatic rings. The Morgan fingerprint density at radius 2 is 0.769 bits per heavy atom. The second-order valence-corrected chi connectivity index (χ2v) is 16.2. The zero-order valence-corrected chi connectivity index (χ0v) is 34.9. The highest BCUT2D eigenvalue weighted by Gasteiger charge is 2.23. The van der Waals surface area contributed by atoms with Crippen molar-refractivity contribution >= 4 is 100 Å². The molecule has 13 aromatic rings. The van der Waals surface area contributed by atoms with Crippen molar-refractivity contribution in [1.29, 1.82) is 0 Å². The minimum absolute atomic E-state index is 0.401. The Balaban J connectivity index is 0.949. The van der Waals surface area contributed by atoms with Crippen LogP contribution in [0.5, 0.6) is 0 Å². The summed E-state index contributed by atoms with van der Waals surface area (Å²) < 4.78 is 11.3. The number of hydrogen-bond donors (Lipinski definition) is 0. The second-order valence-electron chi connectivity index (χ2n) is 16.2. The average Bonchev–Trinajstić information content (AvgIpc) is 4.02. The van der Waals surface area contributed by atoms with Crippen LogP contribution >= 0.6 is 0 Å². The summed E-state index contributed by atoms with van der Waals surface area (Å²) in [4.78, 5) is 9.43. The molecule has 65 heavy (non-hydrogen) atoms. The van der Waals surface area contributed by atoms with Crippen LogP contribution < -0.4 is 9.80 Å². The molecule has 0 saturated heterocycles. The third-order valence-corrected chi connectivity index (χ3v) is 12.4. The zero-order chi connectivity index (χ0) is 42.8. The van der Waals surface area contributed by atoms with Crippen LogP contribution in [0.1, 0.15) is 0 Å². The first-order valence-corrected chi connectivity index (χ1v) is 21.7. The van der Waals surface area contributed by atoms with Crippen molar-refractivity contribution < 1.29 is 4.42 Å². The average molecular weight is 836 g/mol. The van der Waals surface area contributed by atoms with Crippen molar-refractivity contribution in [3.8, 4) is 11.4 Å². The first kappa shape index (κ1) is 36.6. The van der Waals surface area contributed by atoms with Crippen molar-refractivity contribution in [3.05, 3.63) is 224 Å². The quantitative estimate of drug-likeness (QED) is 0.152. The van der Waals surface area contributed by atoms with Gasteiger partial charge in [-0.1, -0.05) is 121 Å². The second kappa shape index (κ2) is 14.8. The Labute approximate surface area is 373 Å². The Bertz CT molecular complexity index is 3640. The molecule has 0 aliphatic heterocycles. The van der Waals surface area contributed by atoms with Crippen molar-refractivity contribution in [2.75, 3.05) is 9.80 Å². The summed E-state index contributed by atoms with van der Waals surface area (Å²) in [5, 5.41) is 15.2. The van der Waals surface area contributed by atoms with Crippen molar-refractivity contribution in [2.24, 2.45) is 0 Å². The summed E-state index contributed by atoms with van der Waals surface area (Å²) >= 11 is 0. The van der Waals surface area contributed by atoms with Crippen molar-refractivity contribution in [2.45, 2.75) is 0 Å². The molecular weight excluding hydrogens is 799 g/mol. The molecule has 0 unspecified atom stereocenters. The fourth-order valence-electron chi connectivity index (χ4n) is 9.56. The highest BCUT2D eigenvalue weighted by atomic mass is 16.3. The van der Waals surface area contributed by atoms with Gasteiger partial charge in [-0.05, 0) is 97.1 Å². The molecule has 4 heterocycles. The van der Waals surface area contributed by atoms with Gasteiger partial charge in [0.2, 0.25) is 0 Å². The summed E-state index contributed by atoms with van der Waals surface area (Å²) in [6.07, 6.45) is 0. The van der Waals surface area contributed by atoms with Gasteiger partial charge in [-0.3, -0.25) is 4.90 Å². The summed E-state index contributed by atoms with van der Waals surface area (Å²) in [7, 11) is 0. The van der Waals surface area contributed by atoms with Crippen LogP contribution in [-0.4, -0.2) is 24.3 Å². The molecule has 9 aromatic carbocycles. The van der Waals surface area contributed by atoms with E-state index in [1.165, 1.54) is 16.2 Å². The van der Waals surface area contributed by atoms with Crippen molar-refractivity contribution in [3.63, 3.8) is 0 Å². The molecule has 0 aliphatic carbocycles. The molecule has 0 atom stereocenters. The fraction of sp³-hybridized carbons (Fsp3) is 0. The van der Waals surface area contributed by atoms with E-state index in [1.807, 2.05) is 35.2 Å². The highest BCUT2D eigenvalue weighted by molar-refractivity contribution is 6.12. The van der Waals surface area contributed by atoms with Crippen LogP contribution in [-0.2, 0) is 0 Å². The fourth-order valence-corrected chi connectivity index (χ4v) is 9.56. The smallest absolute Gasteiger partial charge is 0.257 e. The van der Waals surface area contributed by atoms with E-state index in [2.05, 4.69) is 208 Å². The number of anilines is 6. The number of para-hydroxylation sites is 6. The molecular formula is C57H37N7O. The maximum absolute atomic E-state index is 6.68. The van der Waals surface area contributed by atoms with E-state index in [9.17, 15) is 0 Å². The lowest BCUT2D eigenvalue weighted by Crippen LogP contribution is -2.14. The third-order valence-electron chi connectivity index (χ3n) is 12.4. The minimum Gasteiger partial charge on any atom is -0.436 e. The van der Waals surface area contributed by atoms with Gasteiger partial charge in [0.05, 0.1) is 33.1 Å². The van der Waals surface area contributed by atoms with Crippen molar-refractivity contribution in [1.82, 2.24) is 24.3 Å². The lowest BCUT2D eigenvalue weighted by Gasteiger charge is -2.25. The standard InChI is InChI=1S/C57H37N7O/c1-5-17-38(18-6-1)61(42-29-32-47-45-25-13-15-27-50(45)63(52(47)35-42)40-21-9-3-10-22-40)44-31-34-49-54(37-44)65-56-55(49)59-60-57(58-56)62(39-19-7-2-8-20-39)43-30-33-48-46-26-14-16-28-51(46)64(53(48)36-43)41-23-11-4-12-24-41/h1-37H. The molecule has 8 heteroatoms. The van der Waals surface area contributed by atoms with Gasteiger partial charge in [0, 0.05) is 61.7 Å². The Morgan fingerprint density at radius 3 is 1.32 bits per heavy atom. The van der Waals surface area contributed by atoms with Gasteiger partial charge >= 0.3 is 0 Å². The van der Waals surface area contributed by atoms with E-state index < -0.39 is 0 Å². The number of hydrogen-bond acceptors (Lipinski definition) is 6. The summed E-state index contributed by atoms with van der Waals surface area (Å²) in [6, 6.07) is 78.3. The molecule has 306 valence electrons. The zero-order valence-electron chi connectivity index (χ0n) is 34.9. The van der Waals surface area contributed by atoms with Crippen LogP contribution in [0.2, 0.25) is 0 Å². The van der Waals surface area contributed by atoms with Crippen LogP contribution in [0.4, 0.5) is 34.4 Å². The number of nitrogens with zero attached hydrogens (tertiary/aromatic N) is 7. The maximum Gasteiger partial charge on any atom is 0.257 e. The van der Waals surface area contributed by atoms with Gasteiger partial charge in [0.1, 0.15) is 5.58 Å². The van der Waals surface area contributed by atoms with E-state index >= 15 is 0 Å². The lowest BCUT2D eigenvalue weighted by atomic mass is 10.1. The SMILES string of the molecule is c1ccc(N(c2ccc3c(c2)oc2nc(N(c4ccccc4)c4ccc5c6ccccc6n(-c6ccccc6)c5c4)nnc23)c2ccc3c4ccccc4n(-c4ccccc4)c3c2)cc1. The Hall–Kier alpha value is -9.01. The van der Waals surface area contributed by atoms with Gasteiger partial charge < -0.3 is 18.5 Å². The van der Waals surface area contributed by atoms with Crippen LogP contribution in [0.25, 0.3) is 77.2 Å². The molecule has 4 aromatic heterocycles. The summed E-state index contributed by atoms with van der Waals surface area (Å²) in [5.41, 5.74) is 13.1. The summed E-state index contributed by atoms with van der Waals surface area (Å²) in [6.45, 7) is 0. The van der Waals surface area contributed by atoms with Gasteiger partial charge in [0.15, 0.2) is 5.52 Å². The summed E-state index contributed by atoms with van der Waals surface area (Å²) in [5.74, 6) is 0.401. The first-order valence-electron chi connectivity index (χ1n) is 21.7. The topological polar surface area (TPSA) is 68.2 Å². The number of fused-ring (bicyclic) bond motifs is 9. The first-order chi connectivity index (χ1) is 32.2. The van der Waals surface area contributed by atoms with E-state index in [-0.39, 0.29) is 0 Å². The van der Waals surface area contributed by atoms with Gasteiger partial charge in [-0.15, -0.1) is 10.2 Å². The number of rotatable bonds is 8. The van der Waals surface area contributed by atoms with E-state index in [0.29, 0.717) is 22.8 Å². The molecule has 13 rings (SSSR count). The number of furan rings is 1. The van der Waals surface area contributed by atoms with Crippen LogP contribution in [0, 0.1) is 0 Å². The predicted molar refractivity (Wildman–Crippen MR) is 265 cm³/mol. The molecule has 8 nitrogen and oxygen atoms in total. The molecule has 0 amide bonds. The molecule has 0 N–H and O–H groups in total. The number of aromatic nitrogens is 5. The predicted octanol–water partition coefficient (Wildman–Crippen LogP) is 14.9. The minimum atomic E-state index is 0.401. The van der Waals surface area contributed by atoms with Gasteiger partial charge in [0.25, 0.3) is 11.7 Å². The maximum atomic E-state index is 6.68. The number of benzene rings is 9. The van der Waals surface area contributed by atoms with Gasteiger partial charge in [-0.2, -0.15) is 4.98 Å². The van der Waals surface area contributed by atoms with E-state index in [4.69, 9.17) is 19.6 Å².